The molecule has 0 aliphatic carbocycles. The number of ether oxygens (including phenoxy) is 2. The average molecular weight is 357 g/mol. The molecular weight excluding hydrogens is 334 g/mol. The highest BCUT2D eigenvalue weighted by molar-refractivity contribution is 7.98. The number of benzene rings is 2. The molecule has 0 saturated carbocycles. The van der Waals surface area contributed by atoms with E-state index in [4.69, 9.17) is 9.47 Å². The predicted molar refractivity (Wildman–Crippen MR) is 100 cm³/mol. The van der Waals surface area contributed by atoms with Gasteiger partial charge in [0.15, 0.2) is 11.5 Å². The van der Waals surface area contributed by atoms with Gasteiger partial charge in [0.2, 0.25) is 5.91 Å². The van der Waals surface area contributed by atoms with E-state index >= 15 is 0 Å². The molecular formula is C20H23NO3S. The van der Waals surface area contributed by atoms with Crippen molar-refractivity contribution in [1.82, 2.24) is 4.90 Å². The van der Waals surface area contributed by atoms with Gasteiger partial charge in [-0.15, -0.1) is 11.8 Å². The normalized spacial score (nSPS) is 15.9. The Kier molecular flexibility index (Phi) is 5.53. The minimum absolute atomic E-state index is 0.114. The maximum atomic E-state index is 12.8. The van der Waals surface area contributed by atoms with Crippen LogP contribution in [0.3, 0.4) is 0 Å². The molecule has 1 heterocycles. The van der Waals surface area contributed by atoms with Gasteiger partial charge in [-0.05, 0) is 42.0 Å². The summed E-state index contributed by atoms with van der Waals surface area (Å²) in [4.78, 5) is 15.8. The molecule has 1 aliphatic heterocycles. The Morgan fingerprint density at radius 1 is 1.32 bits per heavy atom. The fraction of sp³-hybridized carbons (Fsp3) is 0.350. The minimum atomic E-state index is -0.159. The summed E-state index contributed by atoms with van der Waals surface area (Å²) >= 11 is 1.71. The standard InChI is InChI=1S/C20H23NO3S/c1-21(12-14-6-4-8-17(10-14)25-3)20(22)16-11-15-7-5-9-18(23-2)19(15)24-13-16/h4-10,16H,11-13H2,1-3H3/t16-/m1/s1. The number of carbonyl (C=O) groups excluding carboxylic acids is 1. The fourth-order valence-corrected chi connectivity index (χ4v) is 3.63. The summed E-state index contributed by atoms with van der Waals surface area (Å²) in [5, 5.41) is 0. The molecule has 5 heteroatoms. The van der Waals surface area contributed by atoms with Crippen LogP contribution >= 0.6 is 11.8 Å². The quantitative estimate of drug-likeness (QED) is 0.766. The third-order valence-electron chi connectivity index (χ3n) is 4.45. The molecule has 3 rings (SSSR count). The van der Waals surface area contributed by atoms with Gasteiger partial charge in [-0.25, -0.2) is 0 Å². The maximum absolute atomic E-state index is 12.8. The van der Waals surface area contributed by atoms with Gasteiger partial charge in [0, 0.05) is 18.5 Å². The molecule has 1 amide bonds. The van der Waals surface area contributed by atoms with Gasteiger partial charge in [0.25, 0.3) is 0 Å². The molecule has 0 unspecified atom stereocenters. The summed E-state index contributed by atoms with van der Waals surface area (Å²) < 4.78 is 11.2. The van der Waals surface area contributed by atoms with Crippen LogP contribution in [-0.4, -0.2) is 37.8 Å². The van der Waals surface area contributed by atoms with Crippen LogP contribution in [0.2, 0.25) is 0 Å². The zero-order valence-corrected chi connectivity index (χ0v) is 15.6. The van der Waals surface area contributed by atoms with E-state index in [1.807, 2.05) is 31.3 Å². The fourth-order valence-electron chi connectivity index (χ4n) is 3.15. The molecule has 132 valence electrons. The summed E-state index contributed by atoms with van der Waals surface area (Å²) in [6.45, 7) is 0.996. The zero-order chi connectivity index (χ0) is 17.8. The number of rotatable bonds is 5. The van der Waals surface area contributed by atoms with Crippen molar-refractivity contribution in [2.45, 2.75) is 17.9 Å². The lowest BCUT2D eigenvalue weighted by atomic mass is 9.95. The van der Waals surface area contributed by atoms with Crippen molar-refractivity contribution in [3.63, 3.8) is 0 Å². The van der Waals surface area contributed by atoms with Crippen molar-refractivity contribution < 1.29 is 14.3 Å². The largest absolute Gasteiger partial charge is 0.493 e. The van der Waals surface area contributed by atoms with Crippen molar-refractivity contribution in [2.24, 2.45) is 5.92 Å². The second-order valence-corrected chi connectivity index (χ2v) is 7.09. The first-order chi connectivity index (χ1) is 12.1. The smallest absolute Gasteiger partial charge is 0.229 e. The van der Waals surface area contributed by atoms with E-state index < -0.39 is 0 Å². The van der Waals surface area contributed by atoms with Gasteiger partial charge < -0.3 is 14.4 Å². The molecule has 1 aliphatic rings. The van der Waals surface area contributed by atoms with E-state index in [2.05, 4.69) is 24.5 Å². The van der Waals surface area contributed by atoms with Crippen LogP contribution < -0.4 is 9.47 Å². The van der Waals surface area contributed by atoms with Crippen molar-refractivity contribution in [1.29, 1.82) is 0 Å². The summed E-state index contributed by atoms with van der Waals surface area (Å²) in [6.07, 6.45) is 2.74. The average Bonchev–Trinajstić information content (AvgIpc) is 2.66. The zero-order valence-electron chi connectivity index (χ0n) is 14.8. The van der Waals surface area contributed by atoms with E-state index in [-0.39, 0.29) is 11.8 Å². The molecule has 2 aromatic rings. The van der Waals surface area contributed by atoms with Gasteiger partial charge in [-0.2, -0.15) is 0 Å². The van der Waals surface area contributed by atoms with E-state index in [0.29, 0.717) is 19.6 Å². The monoisotopic (exact) mass is 357 g/mol. The first kappa shape index (κ1) is 17.7. The predicted octanol–water partition coefficient (Wildman–Crippen LogP) is 3.63. The van der Waals surface area contributed by atoms with E-state index in [1.165, 1.54) is 4.90 Å². The van der Waals surface area contributed by atoms with E-state index in [9.17, 15) is 4.79 Å². The van der Waals surface area contributed by atoms with Crippen LogP contribution in [0.25, 0.3) is 0 Å². The number of nitrogens with zero attached hydrogens (tertiary/aromatic N) is 1. The molecule has 0 N–H and O–H groups in total. The highest BCUT2D eigenvalue weighted by Crippen LogP contribution is 2.36. The van der Waals surface area contributed by atoms with E-state index in [0.717, 1.165) is 22.6 Å². The third kappa shape index (κ3) is 3.93. The lowest BCUT2D eigenvalue weighted by molar-refractivity contribution is -0.136. The molecule has 4 nitrogen and oxygen atoms in total. The summed E-state index contributed by atoms with van der Waals surface area (Å²) in [7, 11) is 3.49. The molecule has 0 radical (unpaired) electrons. The van der Waals surface area contributed by atoms with Crippen LogP contribution in [0.15, 0.2) is 47.4 Å². The number of methoxy groups -OCH3 is 1. The van der Waals surface area contributed by atoms with Crippen LogP contribution in [0.5, 0.6) is 11.5 Å². The molecule has 1 atom stereocenters. The van der Waals surface area contributed by atoms with Crippen molar-refractivity contribution in [3.8, 4) is 11.5 Å². The van der Waals surface area contributed by atoms with Gasteiger partial charge in [-0.3, -0.25) is 4.79 Å². The first-order valence-electron chi connectivity index (χ1n) is 8.29. The number of para-hydroxylation sites is 1. The lowest BCUT2D eigenvalue weighted by Crippen LogP contribution is -2.38. The molecule has 0 fully saturated rings. The number of carbonyl (C=O) groups is 1. The van der Waals surface area contributed by atoms with Gasteiger partial charge >= 0.3 is 0 Å². The Morgan fingerprint density at radius 2 is 2.12 bits per heavy atom. The minimum Gasteiger partial charge on any atom is -0.493 e. The topological polar surface area (TPSA) is 38.8 Å². The molecule has 2 aromatic carbocycles. The number of thioether (sulfide) groups is 1. The summed E-state index contributed by atoms with van der Waals surface area (Å²) in [5.41, 5.74) is 2.17. The summed E-state index contributed by atoms with van der Waals surface area (Å²) in [5.74, 6) is 1.45. The van der Waals surface area contributed by atoms with Crippen molar-refractivity contribution in [3.05, 3.63) is 53.6 Å². The van der Waals surface area contributed by atoms with Gasteiger partial charge in [0.1, 0.15) is 6.61 Å². The van der Waals surface area contributed by atoms with E-state index in [1.54, 1.807) is 23.8 Å². The number of hydrogen-bond acceptors (Lipinski definition) is 4. The Labute approximate surface area is 153 Å². The second-order valence-electron chi connectivity index (χ2n) is 6.21. The van der Waals surface area contributed by atoms with Crippen LogP contribution in [0.4, 0.5) is 0 Å². The molecule has 0 bridgehead atoms. The van der Waals surface area contributed by atoms with Crippen molar-refractivity contribution in [2.75, 3.05) is 27.0 Å². The second kappa shape index (κ2) is 7.83. The number of hydrogen-bond donors (Lipinski definition) is 0. The molecule has 0 aromatic heterocycles. The summed E-state index contributed by atoms with van der Waals surface area (Å²) in [6, 6.07) is 14.1. The number of fused-ring (bicyclic) bond motifs is 1. The highest BCUT2D eigenvalue weighted by atomic mass is 32.2. The van der Waals surface area contributed by atoms with Gasteiger partial charge in [-0.1, -0.05) is 24.3 Å². The van der Waals surface area contributed by atoms with Crippen LogP contribution in [-0.2, 0) is 17.8 Å². The molecule has 0 spiro atoms. The lowest BCUT2D eigenvalue weighted by Gasteiger charge is -2.29. The third-order valence-corrected chi connectivity index (χ3v) is 5.18. The van der Waals surface area contributed by atoms with Gasteiger partial charge in [0.05, 0.1) is 13.0 Å². The van der Waals surface area contributed by atoms with Crippen LogP contribution in [0, 0.1) is 5.92 Å². The SMILES string of the molecule is COc1cccc2c1OC[C@H](C(=O)N(C)Cc1cccc(SC)c1)C2. The highest BCUT2D eigenvalue weighted by Gasteiger charge is 2.29. The number of amides is 1. The maximum Gasteiger partial charge on any atom is 0.229 e. The first-order valence-corrected chi connectivity index (χ1v) is 9.51. The van der Waals surface area contributed by atoms with Crippen LogP contribution in [0.1, 0.15) is 11.1 Å². The Balaban J connectivity index is 1.68. The van der Waals surface area contributed by atoms with Crippen molar-refractivity contribution >= 4 is 17.7 Å². The molecule has 0 saturated heterocycles. The Hall–Kier alpha value is -2.14. The molecule has 25 heavy (non-hydrogen) atoms. The Morgan fingerprint density at radius 3 is 2.88 bits per heavy atom. The Bertz CT molecular complexity index is 762.